The molecule has 0 aliphatic heterocycles. The normalized spacial score (nSPS) is 11.3. The van der Waals surface area contributed by atoms with Crippen molar-refractivity contribution in [1.29, 1.82) is 0 Å². The highest BCUT2D eigenvalue weighted by Gasteiger charge is 2.23. The molecule has 0 unspecified atom stereocenters. The summed E-state index contributed by atoms with van der Waals surface area (Å²) in [6, 6.07) is 2.73. The van der Waals surface area contributed by atoms with Gasteiger partial charge in [-0.3, -0.25) is 4.79 Å². The van der Waals surface area contributed by atoms with Gasteiger partial charge in [0.1, 0.15) is 11.6 Å². The Morgan fingerprint density at radius 1 is 1.32 bits per heavy atom. The number of carbonyl (C=O) groups excluding carboxylic acids is 1. The summed E-state index contributed by atoms with van der Waals surface area (Å²) < 4.78 is 56.5. The number of sulfonamides is 1. The average molecular weight is 293 g/mol. The standard InChI is InChI=1S/C11H13F2NO4S/c1-2-18-10(15)6-7-14-19(16,17)11-8(12)4-3-5-9(11)13/h3-5,14H,2,6-7H2,1H3. The van der Waals surface area contributed by atoms with Crippen LogP contribution in [-0.4, -0.2) is 27.5 Å². The minimum atomic E-state index is -4.34. The number of hydrogen-bond donors (Lipinski definition) is 1. The number of ether oxygens (including phenoxy) is 1. The Morgan fingerprint density at radius 2 is 1.89 bits per heavy atom. The van der Waals surface area contributed by atoms with Gasteiger partial charge in [0.2, 0.25) is 10.0 Å². The van der Waals surface area contributed by atoms with Gasteiger partial charge < -0.3 is 4.74 Å². The lowest BCUT2D eigenvalue weighted by molar-refractivity contribution is -0.142. The number of halogens is 2. The fourth-order valence-electron chi connectivity index (χ4n) is 1.33. The molecule has 0 saturated heterocycles. The summed E-state index contributed by atoms with van der Waals surface area (Å²) in [5.41, 5.74) is 0. The van der Waals surface area contributed by atoms with E-state index in [9.17, 15) is 22.0 Å². The molecule has 0 heterocycles. The summed E-state index contributed by atoms with van der Waals surface area (Å²) >= 11 is 0. The van der Waals surface area contributed by atoms with Crippen LogP contribution in [-0.2, 0) is 19.6 Å². The molecule has 0 fully saturated rings. The lowest BCUT2D eigenvalue weighted by Crippen LogP contribution is -2.28. The first-order chi connectivity index (χ1) is 8.88. The van der Waals surface area contributed by atoms with Crippen molar-refractivity contribution in [3.63, 3.8) is 0 Å². The Kier molecular flexibility index (Phi) is 5.37. The number of benzene rings is 1. The van der Waals surface area contributed by atoms with Crippen LogP contribution in [0.3, 0.4) is 0 Å². The van der Waals surface area contributed by atoms with E-state index < -0.39 is 32.5 Å². The molecular weight excluding hydrogens is 280 g/mol. The molecule has 1 aromatic carbocycles. The van der Waals surface area contributed by atoms with Crippen LogP contribution in [0.1, 0.15) is 13.3 Å². The number of esters is 1. The van der Waals surface area contributed by atoms with E-state index in [1.54, 1.807) is 6.92 Å². The average Bonchev–Trinajstić information content (AvgIpc) is 2.28. The fourth-order valence-corrected chi connectivity index (χ4v) is 2.50. The van der Waals surface area contributed by atoms with E-state index in [1.165, 1.54) is 0 Å². The second kappa shape index (κ2) is 6.58. The Morgan fingerprint density at radius 3 is 2.42 bits per heavy atom. The maximum atomic E-state index is 13.3. The quantitative estimate of drug-likeness (QED) is 0.800. The number of rotatable bonds is 6. The first-order valence-electron chi connectivity index (χ1n) is 5.47. The van der Waals surface area contributed by atoms with Crippen LogP contribution in [0.15, 0.2) is 23.1 Å². The first kappa shape index (κ1) is 15.5. The second-order valence-corrected chi connectivity index (χ2v) is 5.21. The maximum absolute atomic E-state index is 13.3. The third-order valence-electron chi connectivity index (χ3n) is 2.11. The highest BCUT2D eigenvalue weighted by atomic mass is 32.2. The zero-order chi connectivity index (χ0) is 14.5. The predicted octanol–water partition coefficient (Wildman–Crippen LogP) is 1.20. The molecule has 0 amide bonds. The van der Waals surface area contributed by atoms with Gasteiger partial charge in [0, 0.05) is 6.54 Å². The molecule has 1 N–H and O–H groups in total. The molecule has 0 saturated carbocycles. The minimum absolute atomic E-state index is 0.174. The molecule has 106 valence electrons. The lowest BCUT2D eigenvalue weighted by atomic mass is 10.3. The van der Waals surface area contributed by atoms with Gasteiger partial charge in [-0.2, -0.15) is 0 Å². The van der Waals surface area contributed by atoms with Crippen molar-refractivity contribution >= 4 is 16.0 Å². The zero-order valence-corrected chi connectivity index (χ0v) is 11.0. The van der Waals surface area contributed by atoms with Crippen LogP contribution < -0.4 is 4.72 Å². The molecule has 8 heteroatoms. The van der Waals surface area contributed by atoms with Gasteiger partial charge in [-0.1, -0.05) is 6.07 Å². The monoisotopic (exact) mass is 293 g/mol. The minimum Gasteiger partial charge on any atom is -0.466 e. The lowest BCUT2D eigenvalue weighted by Gasteiger charge is -2.08. The van der Waals surface area contributed by atoms with E-state index in [2.05, 4.69) is 4.74 Å². The van der Waals surface area contributed by atoms with E-state index in [0.29, 0.717) is 0 Å². The van der Waals surface area contributed by atoms with E-state index in [4.69, 9.17) is 0 Å². The van der Waals surface area contributed by atoms with Crippen molar-refractivity contribution in [3.05, 3.63) is 29.8 Å². The summed E-state index contributed by atoms with van der Waals surface area (Å²) in [6.07, 6.45) is -0.219. The Balaban J connectivity index is 2.74. The van der Waals surface area contributed by atoms with Crippen LogP contribution in [0, 0.1) is 11.6 Å². The van der Waals surface area contributed by atoms with Crippen LogP contribution in [0.2, 0.25) is 0 Å². The summed E-state index contributed by atoms with van der Waals surface area (Å²) in [5, 5.41) is 0. The zero-order valence-electron chi connectivity index (χ0n) is 10.2. The highest BCUT2D eigenvalue weighted by Crippen LogP contribution is 2.17. The summed E-state index contributed by atoms with van der Waals surface area (Å²) in [5.74, 6) is -2.98. The molecule has 0 radical (unpaired) electrons. The van der Waals surface area contributed by atoms with Crippen LogP contribution in [0.4, 0.5) is 8.78 Å². The van der Waals surface area contributed by atoms with Gasteiger partial charge in [-0.15, -0.1) is 0 Å². The SMILES string of the molecule is CCOC(=O)CCNS(=O)(=O)c1c(F)cccc1F. The van der Waals surface area contributed by atoms with Gasteiger partial charge in [0.05, 0.1) is 13.0 Å². The molecular formula is C11H13F2NO4S. The third-order valence-corrected chi connectivity index (χ3v) is 3.63. The van der Waals surface area contributed by atoms with Crippen molar-refractivity contribution in [3.8, 4) is 0 Å². The Hall–Kier alpha value is -1.54. The van der Waals surface area contributed by atoms with Crippen molar-refractivity contribution in [2.75, 3.05) is 13.2 Å². The van der Waals surface area contributed by atoms with Gasteiger partial charge in [0.15, 0.2) is 4.90 Å². The van der Waals surface area contributed by atoms with E-state index in [0.717, 1.165) is 18.2 Å². The molecule has 1 aromatic rings. The van der Waals surface area contributed by atoms with Gasteiger partial charge in [0.25, 0.3) is 0 Å². The molecule has 0 aliphatic carbocycles. The van der Waals surface area contributed by atoms with Crippen molar-refractivity contribution in [1.82, 2.24) is 4.72 Å². The van der Waals surface area contributed by atoms with Crippen LogP contribution in [0.25, 0.3) is 0 Å². The number of nitrogens with one attached hydrogen (secondary N) is 1. The molecule has 5 nitrogen and oxygen atoms in total. The summed E-state index contributed by atoms with van der Waals surface area (Å²) in [6.45, 7) is 1.49. The Bertz CT molecular complexity index is 540. The van der Waals surface area contributed by atoms with Crippen molar-refractivity contribution in [2.45, 2.75) is 18.2 Å². The molecule has 1 rings (SSSR count). The summed E-state index contributed by atoms with van der Waals surface area (Å²) in [7, 11) is -4.34. The van der Waals surface area contributed by atoms with Gasteiger partial charge in [-0.05, 0) is 19.1 Å². The van der Waals surface area contributed by atoms with Crippen LogP contribution >= 0.6 is 0 Å². The molecule has 19 heavy (non-hydrogen) atoms. The number of carbonyl (C=O) groups is 1. The van der Waals surface area contributed by atoms with E-state index >= 15 is 0 Å². The third kappa shape index (κ3) is 4.25. The maximum Gasteiger partial charge on any atom is 0.307 e. The van der Waals surface area contributed by atoms with Gasteiger partial charge in [-0.25, -0.2) is 21.9 Å². The first-order valence-corrected chi connectivity index (χ1v) is 6.96. The van der Waals surface area contributed by atoms with E-state index in [1.807, 2.05) is 4.72 Å². The van der Waals surface area contributed by atoms with Gasteiger partial charge >= 0.3 is 5.97 Å². The van der Waals surface area contributed by atoms with Crippen molar-refractivity contribution < 1.29 is 26.7 Å². The fraction of sp³-hybridized carbons (Fsp3) is 0.364. The highest BCUT2D eigenvalue weighted by molar-refractivity contribution is 7.89. The Labute approximate surface area is 109 Å². The molecule has 0 aliphatic rings. The largest absolute Gasteiger partial charge is 0.466 e. The molecule has 0 spiro atoms. The number of hydrogen-bond acceptors (Lipinski definition) is 4. The molecule has 0 atom stereocenters. The van der Waals surface area contributed by atoms with Crippen molar-refractivity contribution in [2.24, 2.45) is 0 Å². The van der Waals surface area contributed by atoms with Crippen LogP contribution in [0.5, 0.6) is 0 Å². The second-order valence-electron chi connectivity index (χ2n) is 3.50. The topological polar surface area (TPSA) is 72.5 Å². The summed E-state index contributed by atoms with van der Waals surface area (Å²) in [4.78, 5) is 9.94. The van der Waals surface area contributed by atoms with E-state index in [-0.39, 0.29) is 19.6 Å². The predicted molar refractivity (Wildman–Crippen MR) is 62.8 cm³/mol. The molecule has 0 aromatic heterocycles. The molecule has 0 bridgehead atoms. The smallest absolute Gasteiger partial charge is 0.307 e.